The van der Waals surface area contributed by atoms with Crippen molar-refractivity contribution in [1.29, 1.82) is 0 Å². The van der Waals surface area contributed by atoms with Crippen molar-refractivity contribution in [2.45, 2.75) is 77.0 Å². The molecule has 2 aromatic heterocycles. The number of likely N-dealkylation sites (tertiary alicyclic amines) is 1. The van der Waals surface area contributed by atoms with Crippen LogP contribution in [0.1, 0.15) is 64.1 Å². The van der Waals surface area contributed by atoms with Crippen LogP contribution in [0.2, 0.25) is 0 Å². The third kappa shape index (κ3) is 4.00. The van der Waals surface area contributed by atoms with Gasteiger partial charge >= 0.3 is 5.69 Å². The van der Waals surface area contributed by atoms with Crippen LogP contribution < -0.4 is 5.69 Å². The number of fused-ring (bicyclic) bond motifs is 1. The van der Waals surface area contributed by atoms with E-state index < -0.39 is 0 Å². The summed E-state index contributed by atoms with van der Waals surface area (Å²) in [6, 6.07) is 4.15. The summed E-state index contributed by atoms with van der Waals surface area (Å²) in [4.78, 5) is 22.8. The van der Waals surface area contributed by atoms with Gasteiger partial charge in [-0.05, 0) is 71.4 Å². The van der Waals surface area contributed by atoms with E-state index in [-0.39, 0.29) is 29.7 Å². The number of halogens is 1. The van der Waals surface area contributed by atoms with Crippen LogP contribution >= 0.6 is 12.4 Å². The van der Waals surface area contributed by atoms with E-state index in [9.17, 15) is 4.79 Å². The lowest BCUT2D eigenvalue weighted by Crippen LogP contribution is -2.53. The highest BCUT2D eigenvalue weighted by Gasteiger charge is 2.38. The lowest BCUT2D eigenvalue weighted by atomic mass is 9.79. The number of aromatic amines is 1. The zero-order valence-corrected chi connectivity index (χ0v) is 18.1. The highest BCUT2D eigenvalue weighted by atomic mass is 35.5. The van der Waals surface area contributed by atoms with Crippen molar-refractivity contribution in [2.24, 2.45) is 0 Å². The van der Waals surface area contributed by atoms with Crippen LogP contribution in [0.15, 0.2) is 16.9 Å². The Bertz CT molecular complexity index is 846. The van der Waals surface area contributed by atoms with Crippen LogP contribution in [-0.4, -0.2) is 50.8 Å². The van der Waals surface area contributed by atoms with Gasteiger partial charge in [-0.2, -0.15) is 0 Å². The smallest absolute Gasteiger partial charge is 0.327 e. The van der Waals surface area contributed by atoms with Crippen LogP contribution in [-0.2, 0) is 4.74 Å². The van der Waals surface area contributed by atoms with Crippen molar-refractivity contribution >= 4 is 23.6 Å². The van der Waals surface area contributed by atoms with Gasteiger partial charge in [0.2, 0.25) is 0 Å². The molecule has 1 aliphatic carbocycles. The third-order valence-electron chi connectivity index (χ3n) is 6.71. The van der Waals surface area contributed by atoms with Gasteiger partial charge in [0.25, 0.3) is 0 Å². The molecule has 1 saturated heterocycles. The number of piperidine rings is 1. The minimum Gasteiger partial charge on any atom is -0.379 e. The molecule has 7 heteroatoms. The molecular formula is C21H33ClN4O2. The van der Waals surface area contributed by atoms with E-state index in [4.69, 9.17) is 4.74 Å². The van der Waals surface area contributed by atoms with Gasteiger partial charge in [0, 0.05) is 37.0 Å². The average Bonchev–Trinajstić information content (AvgIpc) is 2.99. The monoisotopic (exact) mass is 408 g/mol. The van der Waals surface area contributed by atoms with Gasteiger partial charge < -0.3 is 9.72 Å². The first-order valence-electron chi connectivity index (χ1n) is 10.4. The van der Waals surface area contributed by atoms with Gasteiger partial charge in [-0.15, -0.1) is 12.4 Å². The number of aromatic nitrogens is 3. The van der Waals surface area contributed by atoms with Crippen LogP contribution in [0.5, 0.6) is 0 Å². The van der Waals surface area contributed by atoms with Crippen molar-refractivity contribution in [3.8, 4) is 0 Å². The van der Waals surface area contributed by atoms with Crippen LogP contribution in [0.3, 0.4) is 0 Å². The van der Waals surface area contributed by atoms with E-state index in [1.807, 2.05) is 23.6 Å². The number of nitrogens with zero attached hydrogens (tertiary/aromatic N) is 3. The second kappa shape index (κ2) is 8.56. The highest BCUT2D eigenvalue weighted by molar-refractivity contribution is 5.85. The number of aryl methyl sites for hydroxylation is 1. The summed E-state index contributed by atoms with van der Waals surface area (Å²) in [6.07, 6.45) is 7.19. The van der Waals surface area contributed by atoms with Gasteiger partial charge in [-0.3, -0.25) is 9.47 Å². The summed E-state index contributed by atoms with van der Waals surface area (Å²) in [6.45, 7) is 9.39. The van der Waals surface area contributed by atoms with Crippen LogP contribution in [0.25, 0.3) is 11.2 Å². The molecule has 0 bridgehead atoms. The van der Waals surface area contributed by atoms with Gasteiger partial charge in [0.05, 0.1) is 11.6 Å². The van der Waals surface area contributed by atoms with Crippen LogP contribution in [0, 0.1) is 6.92 Å². The first kappa shape index (κ1) is 21.3. The first-order valence-corrected chi connectivity index (χ1v) is 10.4. The molecule has 0 amide bonds. The standard InChI is InChI=1S/C21H32N4O2.ClH/c1-4-27-17-7-11-21(3,12-8-17)24-13-9-16(10-14-24)25-19-18(23-20(25)26)6-5-15(2)22-19;/h5-6,16-17H,4,7-14H2,1-3H3,(H,23,26);1H/t17-,21-;. The molecule has 0 unspecified atom stereocenters. The maximum absolute atomic E-state index is 12.5. The number of hydrogen-bond donors (Lipinski definition) is 1. The van der Waals surface area contributed by atoms with Gasteiger partial charge in [0.15, 0.2) is 5.65 Å². The number of ether oxygens (including phenoxy) is 1. The molecule has 1 N–H and O–H groups in total. The first-order chi connectivity index (χ1) is 13.0. The minimum atomic E-state index is -0.0232. The molecule has 28 heavy (non-hydrogen) atoms. The maximum atomic E-state index is 12.5. The van der Waals surface area contributed by atoms with Crippen molar-refractivity contribution in [1.82, 2.24) is 19.4 Å². The lowest BCUT2D eigenvalue weighted by molar-refractivity contribution is -0.0273. The number of nitrogens with one attached hydrogen (secondary N) is 1. The molecule has 2 fully saturated rings. The number of H-pyrrole nitrogens is 1. The minimum absolute atomic E-state index is 0. The Morgan fingerprint density at radius 1 is 1.21 bits per heavy atom. The number of pyridine rings is 1. The zero-order valence-electron chi connectivity index (χ0n) is 17.2. The fourth-order valence-electron chi connectivity index (χ4n) is 5.03. The predicted octanol–water partition coefficient (Wildman–Crippen LogP) is 3.83. The Morgan fingerprint density at radius 3 is 2.54 bits per heavy atom. The second-order valence-corrected chi connectivity index (χ2v) is 8.49. The zero-order chi connectivity index (χ0) is 19.0. The molecule has 1 aliphatic heterocycles. The molecule has 1 saturated carbocycles. The molecule has 6 nitrogen and oxygen atoms in total. The van der Waals surface area contributed by atoms with Crippen molar-refractivity contribution in [2.75, 3.05) is 19.7 Å². The fourth-order valence-corrected chi connectivity index (χ4v) is 5.03. The van der Waals surface area contributed by atoms with Crippen LogP contribution in [0.4, 0.5) is 0 Å². The molecule has 3 heterocycles. The molecular weight excluding hydrogens is 376 g/mol. The Hall–Kier alpha value is -1.37. The van der Waals surface area contributed by atoms with Crippen molar-refractivity contribution in [3.05, 3.63) is 28.3 Å². The number of imidazole rings is 1. The molecule has 2 aromatic rings. The molecule has 0 atom stereocenters. The molecule has 4 rings (SSSR count). The summed E-state index contributed by atoms with van der Waals surface area (Å²) in [5.74, 6) is 0. The fraction of sp³-hybridized carbons (Fsp3) is 0.714. The van der Waals surface area contributed by atoms with Crippen molar-refractivity contribution in [3.63, 3.8) is 0 Å². The Morgan fingerprint density at radius 2 is 1.89 bits per heavy atom. The predicted molar refractivity (Wildman–Crippen MR) is 114 cm³/mol. The summed E-state index contributed by atoms with van der Waals surface area (Å²) < 4.78 is 7.72. The van der Waals surface area contributed by atoms with E-state index in [1.54, 1.807) is 0 Å². The molecule has 2 aliphatic rings. The normalized spacial score (nSPS) is 27.0. The van der Waals surface area contributed by atoms with E-state index in [2.05, 4.69) is 28.7 Å². The summed E-state index contributed by atoms with van der Waals surface area (Å²) in [7, 11) is 0. The summed E-state index contributed by atoms with van der Waals surface area (Å²) in [5.41, 5.74) is 2.85. The average molecular weight is 409 g/mol. The Balaban J connectivity index is 0.00000225. The van der Waals surface area contributed by atoms with E-state index >= 15 is 0 Å². The van der Waals surface area contributed by atoms with E-state index in [0.29, 0.717) is 6.10 Å². The summed E-state index contributed by atoms with van der Waals surface area (Å²) in [5, 5.41) is 0. The molecule has 0 radical (unpaired) electrons. The number of hydrogen-bond acceptors (Lipinski definition) is 4. The largest absolute Gasteiger partial charge is 0.379 e. The topological polar surface area (TPSA) is 63.1 Å². The Labute approximate surface area is 173 Å². The quantitative estimate of drug-likeness (QED) is 0.835. The van der Waals surface area contributed by atoms with Gasteiger partial charge in [-0.1, -0.05) is 0 Å². The van der Waals surface area contributed by atoms with E-state index in [1.165, 1.54) is 12.8 Å². The van der Waals surface area contributed by atoms with E-state index in [0.717, 1.165) is 62.2 Å². The molecule has 0 aromatic carbocycles. The second-order valence-electron chi connectivity index (χ2n) is 8.49. The molecule has 0 spiro atoms. The number of rotatable bonds is 4. The third-order valence-corrected chi connectivity index (χ3v) is 6.71. The lowest BCUT2D eigenvalue weighted by Gasteiger charge is -2.48. The summed E-state index contributed by atoms with van der Waals surface area (Å²) >= 11 is 0. The SMILES string of the molecule is CCO[C@H]1CC[C@](C)(N2CCC(n3c(=O)[nH]c4ccc(C)nc43)CC2)CC1.Cl. The molecule has 156 valence electrons. The maximum Gasteiger partial charge on any atom is 0.327 e. The van der Waals surface area contributed by atoms with Gasteiger partial charge in [-0.25, -0.2) is 9.78 Å². The van der Waals surface area contributed by atoms with Gasteiger partial charge in [0.1, 0.15) is 0 Å². The van der Waals surface area contributed by atoms with Crippen molar-refractivity contribution < 1.29 is 4.74 Å². The highest BCUT2D eigenvalue weighted by Crippen LogP contribution is 2.37. The Kier molecular flexibility index (Phi) is 6.52.